The van der Waals surface area contributed by atoms with Gasteiger partial charge in [-0.25, -0.2) is 4.39 Å². The minimum Gasteiger partial charge on any atom is -0.322 e. The second-order valence-electron chi connectivity index (χ2n) is 8.95. The van der Waals surface area contributed by atoms with Gasteiger partial charge in [0.25, 0.3) is 5.91 Å². The lowest BCUT2D eigenvalue weighted by atomic mass is 9.87. The molecule has 1 atom stereocenters. The normalized spacial score (nSPS) is 21.9. The Kier molecular flexibility index (Phi) is 5.88. The van der Waals surface area contributed by atoms with E-state index in [-0.39, 0.29) is 36.5 Å². The molecule has 2 saturated heterocycles. The molecule has 1 unspecified atom stereocenters. The summed E-state index contributed by atoms with van der Waals surface area (Å²) in [6, 6.07) is 4.34. The molecule has 0 saturated carbocycles. The number of fused-ring (bicyclic) bond motifs is 1. The molecule has 1 N–H and O–H groups in total. The van der Waals surface area contributed by atoms with Gasteiger partial charge in [0.2, 0.25) is 11.8 Å². The van der Waals surface area contributed by atoms with Gasteiger partial charge >= 0.3 is 0 Å². The molecule has 1 aromatic heterocycles. The summed E-state index contributed by atoms with van der Waals surface area (Å²) in [5.74, 6) is -1.45. The summed E-state index contributed by atoms with van der Waals surface area (Å²) in [5, 5.41) is 2.94. The van der Waals surface area contributed by atoms with Gasteiger partial charge in [0.05, 0.1) is 5.02 Å². The lowest BCUT2D eigenvalue weighted by Gasteiger charge is -2.32. The van der Waals surface area contributed by atoms with E-state index in [1.807, 2.05) is 6.07 Å². The van der Waals surface area contributed by atoms with E-state index in [2.05, 4.69) is 15.2 Å². The number of nitrogens with one attached hydrogen (secondary N) is 1. The van der Waals surface area contributed by atoms with Gasteiger partial charge in [0.1, 0.15) is 11.9 Å². The third kappa shape index (κ3) is 4.25. The molecule has 0 spiro atoms. The van der Waals surface area contributed by atoms with Gasteiger partial charge < -0.3 is 4.90 Å². The molecule has 4 heterocycles. The highest BCUT2D eigenvalue weighted by molar-refractivity contribution is 6.31. The van der Waals surface area contributed by atoms with Crippen LogP contribution in [0, 0.1) is 5.82 Å². The minimum absolute atomic E-state index is 0.0687. The number of aromatic nitrogens is 1. The summed E-state index contributed by atoms with van der Waals surface area (Å²) in [5.41, 5.74) is 2.71. The van der Waals surface area contributed by atoms with E-state index in [9.17, 15) is 14.4 Å². The average molecular weight is 471 g/mol. The molecule has 3 aliphatic rings. The van der Waals surface area contributed by atoms with E-state index in [1.54, 1.807) is 18.5 Å². The van der Waals surface area contributed by atoms with Crippen molar-refractivity contribution in [3.63, 3.8) is 0 Å². The van der Waals surface area contributed by atoms with Crippen LogP contribution in [-0.2, 0) is 22.7 Å². The first-order valence-electron chi connectivity index (χ1n) is 11.2. The highest BCUT2D eigenvalue weighted by atomic mass is 35.5. The maximum atomic E-state index is 15.1. The molecule has 3 aliphatic heterocycles. The quantitative estimate of drug-likeness (QED) is 0.694. The summed E-state index contributed by atoms with van der Waals surface area (Å²) in [6.45, 7) is 2.63. The summed E-state index contributed by atoms with van der Waals surface area (Å²) >= 11 is 6.23. The zero-order valence-corrected chi connectivity index (χ0v) is 18.8. The maximum Gasteiger partial charge on any atom is 0.255 e. The van der Waals surface area contributed by atoms with Crippen molar-refractivity contribution in [1.82, 2.24) is 20.1 Å². The Labute approximate surface area is 195 Å². The number of imide groups is 1. The van der Waals surface area contributed by atoms with Gasteiger partial charge in [-0.15, -0.1) is 0 Å². The third-order valence-corrected chi connectivity index (χ3v) is 7.26. The Morgan fingerprint density at radius 2 is 1.94 bits per heavy atom. The second-order valence-corrected chi connectivity index (χ2v) is 9.36. The molecule has 33 heavy (non-hydrogen) atoms. The Hall–Kier alpha value is -2.84. The van der Waals surface area contributed by atoms with Crippen LogP contribution in [0.5, 0.6) is 0 Å². The van der Waals surface area contributed by atoms with Gasteiger partial charge in [-0.3, -0.25) is 29.6 Å². The van der Waals surface area contributed by atoms with Crippen LogP contribution in [0.25, 0.3) is 0 Å². The van der Waals surface area contributed by atoms with E-state index in [1.165, 1.54) is 11.0 Å². The number of hydrogen-bond acceptors (Lipinski definition) is 5. The number of rotatable bonds is 4. The maximum absolute atomic E-state index is 15.1. The number of halogens is 2. The van der Waals surface area contributed by atoms with Gasteiger partial charge in [-0.2, -0.15) is 0 Å². The van der Waals surface area contributed by atoms with Gasteiger partial charge in [0, 0.05) is 37.5 Å². The number of pyridine rings is 1. The molecule has 1 aromatic carbocycles. The van der Waals surface area contributed by atoms with Crippen LogP contribution in [0.4, 0.5) is 4.39 Å². The second kappa shape index (κ2) is 8.83. The molecule has 2 aromatic rings. The van der Waals surface area contributed by atoms with E-state index in [0.29, 0.717) is 22.6 Å². The van der Waals surface area contributed by atoms with E-state index < -0.39 is 11.9 Å². The van der Waals surface area contributed by atoms with Crippen LogP contribution in [0.1, 0.15) is 58.6 Å². The van der Waals surface area contributed by atoms with Crippen LogP contribution in [0.2, 0.25) is 5.02 Å². The zero-order chi connectivity index (χ0) is 23.1. The molecule has 0 radical (unpaired) electrons. The average Bonchev–Trinajstić information content (AvgIpc) is 3.11. The fourth-order valence-electron chi connectivity index (χ4n) is 5.10. The number of carbonyl (C=O) groups excluding carboxylic acids is 3. The highest BCUT2D eigenvalue weighted by Crippen LogP contribution is 2.35. The molecular weight excluding hydrogens is 447 g/mol. The zero-order valence-electron chi connectivity index (χ0n) is 18.0. The van der Waals surface area contributed by atoms with Crippen LogP contribution in [0.3, 0.4) is 0 Å². The molecule has 7 nitrogen and oxygen atoms in total. The van der Waals surface area contributed by atoms with Crippen molar-refractivity contribution in [3.05, 3.63) is 63.7 Å². The van der Waals surface area contributed by atoms with E-state index in [4.69, 9.17) is 11.6 Å². The molecule has 0 bridgehead atoms. The molecule has 9 heteroatoms. The van der Waals surface area contributed by atoms with Crippen LogP contribution < -0.4 is 5.32 Å². The van der Waals surface area contributed by atoms with Crippen molar-refractivity contribution in [1.29, 1.82) is 0 Å². The first kappa shape index (κ1) is 22.0. The highest BCUT2D eigenvalue weighted by Gasteiger charge is 2.40. The molecule has 0 aliphatic carbocycles. The predicted octanol–water partition coefficient (Wildman–Crippen LogP) is 3.01. The Morgan fingerprint density at radius 3 is 2.67 bits per heavy atom. The molecule has 3 amide bonds. The van der Waals surface area contributed by atoms with Crippen molar-refractivity contribution in [2.24, 2.45) is 0 Å². The Morgan fingerprint density at radius 1 is 1.15 bits per heavy atom. The lowest BCUT2D eigenvalue weighted by molar-refractivity contribution is -0.136. The fraction of sp³-hybridized carbons (Fsp3) is 0.417. The number of nitrogens with zero attached hydrogens (tertiary/aromatic N) is 3. The third-order valence-electron chi connectivity index (χ3n) is 6.92. The number of likely N-dealkylation sites (tertiary alicyclic amines) is 1. The van der Waals surface area contributed by atoms with Gasteiger partial charge in [0.15, 0.2) is 0 Å². The largest absolute Gasteiger partial charge is 0.322 e. The number of hydrogen-bond donors (Lipinski definition) is 1. The smallest absolute Gasteiger partial charge is 0.255 e. The molecule has 5 rings (SSSR count). The van der Waals surface area contributed by atoms with Crippen molar-refractivity contribution >= 4 is 29.3 Å². The lowest BCUT2D eigenvalue weighted by Crippen LogP contribution is -2.52. The van der Waals surface area contributed by atoms with Crippen molar-refractivity contribution < 1.29 is 18.8 Å². The van der Waals surface area contributed by atoms with Gasteiger partial charge in [-0.1, -0.05) is 17.7 Å². The monoisotopic (exact) mass is 470 g/mol. The molecule has 172 valence electrons. The first-order valence-corrected chi connectivity index (χ1v) is 11.6. The number of carbonyl (C=O) groups is 3. The number of benzene rings is 1. The number of amides is 3. The Balaban J connectivity index is 1.27. The predicted molar refractivity (Wildman–Crippen MR) is 119 cm³/mol. The summed E-state index contributed by atoms with van der Waals surface area (Å²) in [4.78, 5) is 44.3. The Bertz CT molecular complexity index is 1130. The van der Waals surface area contributed by atoms with Crippen molar-refractivity contribution in [2.75, 3.05) is 13.1 Å². The number of piperidine rings is 2. The SMILES string of the molecule is O=C1CCC(N2Cc3cc(C4CCN(Cc5ccncc5Cl)CC4)c(F)cc3C2=O)C(=O)N1. The molecular formula is C24H24ClFN4O3. The topological polar surface area (TPSA) is 82.6 Å². The van der Waals surface area contributed by atoms with Crippen molar-refractivity contribution in [2.45, 2.75) is 50.7 Å². The summed E-state index contributed by atoms with van der Waals surface area (Å²) < 4.78 is 15.1. The summed E-state index contributed by atoms with van der Waals surface area (Å²) in [6.07, 6.45) is 5.47. The fourth-order valence-corrected chi connectivity index (χ4v) is 5.28. The van der Waals surface area contributed by atoms with Crippen LogP contribution in [-0.4, -0.2) is 51.6 Å². The molecule has 2 fully saturated rings. The minimum atomic E-state index is -0.697. The van der Waals surface area contributed by atoms with Crippen molar-refractivity contribution in [3.8, 4) is 0 Å². The van der Waals surface area contributed by atoms with E-state index >= 15 is 4.39 Å². The first-order chi connectivity index (χ1) is 15.9. The van der Waals surface area contributed by atoms with E-state index in [0.717, 1.165) is 43.6 Å². The summed E-state index contributed by atoms with van der Waals surface area (Å²) in [7, 11) is 0. The standard InChI is InChI=1S/C24H24ClFN4O3/c25-19-11-27-6-3-15(19)12-29-7-4-14(5-8-29)17-9-16-13-30(24(33)18(16)10-20(17)26)21-1-2-22(31)28-23(21)32/h3,6,9-11,14,21H,1-2,4-5,7-8,12-13H2,(H,28,31,32). The van der Waals surface area contributed by atoms with Crippen LogP contribution in [0.15, 0.2) is 30.6 Å². The van der Waals surface area contributed by atoms with Gasteiger partial charge in [-0.05, 0) is 67.1 Å². The van der Waals surface area contributed by atoms with Crippen LogP contribution >= 0.6 is 11.6 Å².